The smallest absolute Gasteiger partial charge is 0.251 e. The number of aliphatic hydroxyl groups is 1. The molecule has 3 heterocycles. The number of nitrogens with one attached hydrogen (secondary N) is 1. The number of aromatic nitrogens is 4. The monoisotopic (exact) mass is 429 g/mol. The third kappa shape index (κ3) is 3.93. The van der Waals surface area contributed by atoms with E-state index in [1.54, 1.807) is 23.2 Å². The summed E-state index contributed by atoms with van der Waals surface area (Å²) in [5.41, 5.74) is 2.91. The summed E-state index contributed by atoms with van der Waals surface area (Å²) in [6.07, 6.45) is 3.43. The van der Waals surface area contributed by atoms with Crippen LogP contribution in [0.1, 0.15) is 31.4 Å². The molecule has 2 N–H and O–H groups in total. The molecule has 2 aromatic heterocycles. The molecule has 0 unspecified atom stereocenters. The fourth-order valence-corrected chi connectivity index (χ4v) is 4.05. The highest BCUT2D eigenvalue weighted by atomic mass is 35.5. The van der Waals surface area contributed by atoms with Crippen LogP contribution in [0.3, 0.4) is 0 Å². The van der Waals surface area contributed by atoms with E-state index in [2.05, 4.69) is 20.2 Å². The topological polar surface area (TPSA) is 95.0 Å². The van der Waals surface area contributed by atoms with Crippen LogP contribution in [-0.2, 0) is 4.79 Å². The lowest BCUT2D eigenvalue weighted by Crippen LogP contribution is -2.42. The molecule has 1 atom stereocenters. The first-order valence-corrected chi connectivity index (χ1v) is 10.1. The molecule has 1 amide bonds. The number of halogens is 2. The van der Waals surface area contributed by atoms with Crippen LogP contribution in [0.5, 0.6) is 0 Å². The number of rotatable bonds is 4. The van der Waals surface area contributed by atoms with Crippen LogP contribution in [0.25, 0.3) is 22.5 Å². The summed E-state index contributed by atoms with van der Waals surface area (Å²) in [4.78, 5) is 22.1. The Bertz CT molecular complexity index is 1050. The molecule has 156 valence electrons. The molecule has 30 heavy (non-hydrogen) atoms. The Morgan fingerprint density at radius 2 is 2.10 bits per heavy atom. The largest absolute Gasteiger partial charge is 0.384 e. The summed E-state index contributed by atoms with van der Waals surface area (Å²) < 4.78 is 14.6. The molecular formula is C21H21ClFN5O2. The van der Waals surface area contributed by atoms with Gasteiger partial charge in [0.15, 0.2) is 0 Å². The van der Waals surface area contributed by atoms with E-state index in [-0.39, 0.29) is 11.8 Å². The Balaban J connectivity index is 1.72. The van der Waals surface area contributed by atoms with Crippen LogP contribution in [0.15, 0.2) is 36.8 Å². The highest BCUT2D eigenvalue weighted by Gasteiger charge is 2.30. The molecule has 4 rings (SSSR count). The minimum atomic E-state index is -1.01. The first kappa shape index (κ1) is 20.4. The third-order valence-corrected chi connectivity index (χ3v) is 5.62. The van der Waals surface area contributed by atoms with Gasteiger partial charge in [-0.15, -0.1) is 0 Å². The van der Waals surface area contributed by atoms with E-state index in [1.165, 1.54) is 25.4 Å². The quantitative estimate of drug-likeness (QED) is 0.662. The van der Waals surface area contributed by atoms with E-state index < -0.39 is 11.9 Å². The van der Waals surface area contributed by atoms with Crippen LogP contribution in [-0.4, -0.2) is 55.3 Å². The van der Waals surface area contributed by atoms with Crippen molar-refractivity contribution in [3.05, 3.63) is 53.3 Å². The van der Waals surface area contributed by atoms with Crippen LogP contribution in [0, 0.1) is 5.82 Å². The zero-order chi connectivity index (χ0) is 21.3. The first-order chi connectivity index (χ1) is 14.5. The fourth-order valence-electron chi connectivity index (χ4n) is 3.88. The molecule has 0 radical (unpaired) electrons. The van der Waals surface area contributed by atoms with Crippen molar-refractivity contribution in [3.63, 3.8) is 0 Å². The predicted molar refractivity (Wildman–Crippen MR) is 110 cm³/mol. The second-order valence-electron chi connectivity index (χ2n) is 7.36. The number of hydrogen-bond donors (Lipinski definition) is 2. The van der Waals surface area contributed by atoms with Gasteiger partial charge in [-0.2, -0.15) is 5.10 Å². The van der Waals surface area contributed by atoms with Gasteiger partial charge >= 0.3 is 0 Å². The van der Waals surface area contributed by atoms with Crippen molar-refractivity contribution in [1.82, 2.24) is 25.1 Å². The third-order valence-electron chi connectivity index (χ3n) is 5.39. The number of hydrogen-bond acceptors (Lipinski definition) is 5. The standard InChI is InChI=1S/C21H21ClFN5O2/c1-12(29)21(30)28-8-5-13(6-9-28)19-18(17-4-7-24-11-25-17)20(27-26-19)15-10-14(22)2-3-16(15)23/h2-4,7,10-13,29H,5-6,8-9H2,1H3,(H,26,27)/t12-/m0/s1. The average molecular weight is 430 g/mol. The maximum Gasteiger partial charge on any atom is 0.251 e. The molecule has 9 heteroatoms. The Morgan fingerprint density at radius 1 is 1.33 bits per heavy atom. The zero-order valence-electron chi connectivity index (χ0n) is 16.3. The van der Waals surface area contributed by atoms with E-state index in [0.717, 1.165) is 5.69 Å². The van der Waals surface area contributed by atoms with E-state index in [9.17, 15) is 14.3 Å². The van der Waals surface area contributed by atoms with Gasteiger partial charge in [0, 0.05) is 47.0 Å². The summed E-state index contributed by atoms with van der Waals surface area (Å²) >= 11 is 6.10. The van der Waals surface area contributed by atoms with Crippen LogP contribution in [0.4, 0.5) is 4.39 Å². The molecule has 0 saturated carbocycles. The number of likely N-dealkylation sites (tertiary alicyclic amines) is 1. The van der Waals surface area contributed by atoms with Gasteiger partial charge in [-0.25, -0.2) is 14.4 Å². The number of nitrogens with zero attached hydrogens (tertiary/aromatic N) is 4. The zero-order valence-corrected chi connectivity index (χ0v) is 17.1. The lowest BCUT2D eigenvalue weighted by molar-refractivity contribution is -0.140. The van der Waals surface area contributed by atoms with Crippen LogP contribution in [0.2, 0.25) is 5.02 Å². The molecule has 0 bridgehead atoms. The molecule has 0 spiro atoms. The van der Waals surface area contributed by atoms with Crippen molar-refractivity contribution in [2.24, 2.45) is 0 Å². The molecule has 0 aliphatic carbocycles. The summed E-state index contributed by atoms with van der Waals surface area (Å²) in [6, 6.07) is 6.11. The van der Waals surface area contributed by atoms with Crippen LogP contribution < -0.4 is 0 Å². The van der Waals surface area contributed by atoms with Gasteiger partial charge in [0.05, 0.1) is 5.69 Å². The first-order valence-electron chi connectivity index (χ1n) is 9.72. The van der Waals surface area contributed by atoms with Crippen molar-refractivity contribution < 1.29 is 14.3 Å². The highest BCUT2D eigenvalue weighted by Crippen LogP contribution is 2.40. The SMILES string of the molecule is C[C@H](O)C(=O)N1CCC(c2[nH]nc(-c3cc(Cl)ccc3F)c2-c2ccncn2)CC1. The van der Waals surface area contributed by atoms with Crippen molar-refractivity contribution in [2.45, 2.75) is 31.8 Å². The number of aliphatic hydroxyl groups excluding tert-OH is 1. The second-order valence-corrected chi connectivity index (χ2v) is 7.79. The number of aromatic amines is 1. The Labute approximate surface area is 177 Å². The molecule has 1 aliphatic rings. The number of benzene rings is 1. The van der Waals surface area contributed by atoms with Gasteiger partial charge in [0.1, 0.15) is 23.9 Å². The molecule has 3 aromatic rings. The van der Waals surface area contributed by atoms with Gasteiger partial charge < -0.3 is 10.0 Å². The van der Waals surface area contributed by atoms with Gasteiger partial charge in [0.2, 0.25) is 0 Å². The maximum atomic E-state index is 14.6. The molecule has 7 nitrogen and oxygen atoms in total. The lowest BCUT2D eigenvalue weighted by atomic mass is 9.88. The maximum absolute atomic E-state index is 14.6. The average Bonchev–Trinajstić information content (AvgIpc) is 3.20. The number of amides is 1. The summed E-state index contributed by atoms with van der Waals surface area (Å²) in [5.74, 6) is -0.614. The lowest BCUT2D eigenvalue weighted by Gasteiger charge is -2.32. The van der Waals surface area contributed by atoms with Crippen LogP contribution >= 0.6 is 11.6 Å². The molecule has 1 saturated heterocycles. The van der Waals surface area contributed by atoms with E-state index in [0.29, 0.717) is 53.5 Å². The number of carbonyl (C=O) groups is 1. The Kier molecular flexibility index (Phi) is 5.78. The highest BCUT2D eigenvalue weighted by molar-refractivity contribution is 6.30. The molecule has 1 aliphatic heterocycles. The Morgan fingerprint density at radius 3 is 2.77 bits per heavy atom. The number of H-pyrrole nitrogens is 1. The minimum Gasteiger partial charge on any atom is -0.384 e. The van der Waals surface area contributed by atoms with Crippen molar-refractivity contribution >= 4 is 17.5 Å². The number of carbonyl (C=O) groups excluding carboxylic acids is 1. The summed E-state index contributed by atoms with van der Waals surface area (Å²) in [6.45, 7) is 2.53. The molecular weight excluding hydrogens is 409 g/mol. The summed E-state index contributed by atoms with van der Waals surface area (Å²) in [7, 11) is 0. The van der Waals surface area contributed by atoms with E-state index in [4.69, 9.17) is 11.6 Å². The van der Waals surface area contributed by atoms with Gasteiger partial charge in [-0.3, -0.25) is 9.89 Å². The van der Waals surface area contributed by atoms with Crippen molar-refractivity contribution in [2.75, 3.05) is 13.1 Å². The second kappa shape index (κ2) is 8.49. The fraction of sp³-hybridized carbons (Fsp3) is 0.333. The van der Waals surface area contributed by atoms with Gasteiger partial charge in [0.25, 0.3) is 5.91 Å². The normalized spacial score (nSPS) is 15.9. The molecule has 1 aromatic carbocycles. The minimum absolute atomic E-state index is 0.0801. The predicted octanol–water partition coefficient (Wildman–Crippen LogP) is 3.41. The van der Waals surface area contributed by atoms with Crippen molar-refractivity contribution in [1.29, 1.82) is 0 Å². The summed E-state index contributed by atoms with van der Waals surface area (Å²) in [5, 5.41) is 17.5. The van der Waals surface area contributed by atoms with E-state index >= 15 is 0 Å². The van der Waals surface area contributed by atoms with Gasteiger partial charge in [-0.05, 0) is 44.0 Å². The van der Waals surface area contributed by atoms with E-state index in [1.807, 2.05) is 0 Å². The molecule has 1 fully saturated rings. The van der Waals surface area contributed by atoms with Gasteiger partial charge in [-0.1, -0.05) is 11.6 Å². The van der Waals surface area contributed by atoms with Crippen molar-refractivity contribution in [3.8, 4) is 22.5 Å². The Hall–Kier alpha value is -2.84. The number of piperidine rings is 1.